The molecule has 0 atom stereocenters. The largest absolute Gasteiger partial charge is 0.497 e. The molecule has 1 aromatic rings. The van der Waals surface area contributed by atoms with E-state index in [-0.39, 0.29) is 17.9 Å². The van der Waals surface area contributed by atoms with Gasteiger partial charge in [0.1, 0.15) is 23.0 Å². The molecule has 0 aliphatic rings. The van der Waals surface area contributed by atoms with Crippen molar-refractivity contribution < 1.29 is 23.0 Å². The lowest BCUT2D eigenvalue weighted by atomic mass is 10.1. The highest BCUT2D eigenvalue weighted by molar-refractivity contribution is 5.68. The first kappa shape index (κ1) is 16.9. The number of benzene rings is 1. The van der Waals surface area contributed by atoms with Gasteiger partial charge in [-0.3, -0.25) is 0 Å². The first-order valence-corrected chi connectivity index (χ1v) is 6.39. The molecule has 0 unspecified atom stereocenters. The topological polar surface area (TPSA) is 47.6 Å². The number of methoxy groups -OCH3 is 1. The van der Waals surface area contributed by atoms with Gasteiger partial charge in [-0.1, -0.05) is 12.2 Å². The van der Waals surface area contributed by atoms with Crippen molar-refractivity contribution in [1.29, 1.82) is 0 Å². The second kappa shape index (κ2) is 7.06. The lowest BCUT2D eigenvalue weighted by molar-refractivity contribution is 0.0534. The molecule has 0 spiro atoms. The zero-order valence-electron chi connectivity index (χ0n) is 12.5. The van der Waals surface area contributed by atoms with Crippen molar-refractivity contribution >= 4 is 12.2 Å². The smallest absolute Gasteiger partial charge is 0.407 e. The van der Waals surface area contributed by atoms with Gasteiger partial charge in [-0.05, 0) is 20.8 Å². The van der Waals surface area contributed by atoms with E-state index in [4.69, 9.17) is 9.47 Å². The third kappa shape index (κ3) is 5.81. The lowest BCUT2D eigenvalue weighted by Crippen LogP contribution is -2.32. The molecule has 0 bridgehead atoms. The van der Waals surface area contributed by atoms with Gasteiger partial charge >= 0.3 is 6.09 Å². The Kier molecular flexibility index (Phi) is 5.69. The highest BCUT2D eigenvalue weighted by atomic mass is 19.1. The molecule has 1 rings (SSSR count). The average molecular weight is 299 g/mol. The van der Waals surface area contributed by atoms with Crippen LogP contribution in [-0.4, -0.2) is 25.3 Å². The molecule has 0 radical (unpaired) electrons. The zero-order valence-corrected chi connectivity index (χ0v) is 12.5. The van der Waals surface area contributed by atoms with E-state index < -0.39 is 23.3 Å². The third-order valence-corrected chi connectivity index (χ3v) is 2.34. The summed E-state index contributed by atoms with van der Waals surface area (Å²) in [5.41, 5.74) is -0.788. The van der Waals surface area contributed by atoms with Gasteiger partial charge in [0.25, 0.3) is 0 Å². The number of hydrogen-bond donors (Lipinski definition) is 1. The van der Waals surface area contributed by atoms with Gasteiger partial charge in [0, 0.05) is 24.2 Å². The summed E-state index contributed by atoms with van der Waals surface area (Å²) in [5.74, 6) is -1.37. The first-order chi connectivity index (χ1) is 9.73. The van der Waals surface area contributed by atoms with Gasteiger partial charge in [-0.15, -0.1) is 0 Å². The molecule has 1 aromatic carbocycles. The lowest BCUT2D eigenvalue weighted by Gasteiger charge is -2.19. The van der Waals surface area contributed by atoms with E-state index in [0.717, 1.165) is 12.1 Å². The van der Waals surface area contributed by atoms with Gasteiger partial charge in [-0.25, -0.2) is 13.6 Å². The predicted octanol–water partition coefficient (Wildman–Crippen LogP) is 3.51. The Balaban J connectivity index is 2.60. The fourth-order valence-corrected chi connectivity index (χ4v) is 1.47. The van der Waals surface area contributed by atoms with E-state index in [9.17, 15) is 13.6 Å². The van der Waals surface area contributed by atoms with Crippen LogP contribution in [-0.2, 0) is 4.74 Å². The van der Waals surface area contributed by atoms with Crippen LogP contribution in [0.5, 0.6) is 5.75 Å². The number of amides is 1. The van der Waals surface area contributed by atoms with Crippen LogP contribution < -0.4 is 10.1 Å². The van der Waals surface area contributed by atoms with Gasteiger partial charge in [0.05, 0.1) is 7.11 Å². The number of alkyl carbamates (subject to hydrolysis) is 1. The number of nitrogens with one attached hydrogen (secondary N) is 1. The van der Waals surface area contributed by atoms with Crippen molar-refractivity contribution in [2.24, 2.45) is 0 Å². The SMILES string of the molecule is COc1cc(F)c(C=CCNC(=O)OC(C)(C)C)c(F)c1. The van der Waals surface area contributed by atoms with Crippen molar-refractivity contribution in [1.82, 2.24) is 5.32 Å². The number of carbonyl (C=O) groups is 1. The molecule has 116 valence electrons. The molecule has 0 fully saturated rings. The van der Waals surface area contributed by atoms with Crippen molar-refractivity contribution in [3.8, 4) is 5.75 Å². The predicted molar refractivity (Wildman–Crippen MR) is 76.2 cm³/mol. The fourth-order valence-electron chi connectivity index (χ4n) is 1.47. The molecular formula is C15H19F2NO3. The minimum absolute atomic E-state index is 0.0970. The summed E-state index contributed by atoms with van der Waals surface area (Å²) in [6, 6.07) is 2.17. The number of ether oxygens (including phenoxy) is 2. The second-order valence-corrected chi connectivity index (χ2v) is 5.29. The minimum Gasteiger partial charge on any atom is -0.497 e. The Labute approximate surface area is 122 Å². The summed E-state index contributed by atoms with van der Waals surface area (Å²) in [4.78, 5) is 11.4. The summed E-state index contributed by atoms with van der Waals surface area (Å²) in [6.07, 6.45) is 2.09. The first-order valence-electron chi connectivity index (χ1n) is 6.39. The highest BCUT2D eigenvalue weighted by Crippen LogP contribution is 2.21. The van der Waals surface area contributed by atoms with Gasteiger partial charge in [-0.2, -0.15) is 0 Å². The van der Waals surface area contributed by atoms with Gasteiger partial charge in [0.2, 0.25) is 0 Å². The van der Waals surface area contributed by atoms with Crippen molar-refractivity contribution in [2.75, 3.05) is 13.7 Å². The molecule has 21 heavy (non-hydrogen) atoms. The minimum atomic E-state index is -0.736. The van der Waals surface area contributed by atoms with E-state index >= 15 is 0 Å². The Morgan fingerprint density at radius 1 is 1.29 bits per heavy atom. The van der Waals surface area contributed by atoms with Crippen LogP contribution in [0.15, 0.2) is 18.2 Å². The molecule has 4 nitrogen and oxygen atoms in total. The summed E-state index contributed by atoms with van der Waals surface area (Å²) in [7, 11) is 1.33. The van der Waals surface area contributed by atoms with Crippen molar-refractivity contribution in [2.45, 2.75) is 26.4 Å². The molecule has 1 N–H and O–H groups in total. The van der Waals surface area contributed by atoms with Crippen LogP contribution >= 0.6 is 0 Å². The Morgan fingerprint density at radius 3 is 2.33 bits per heavy atom. The molecule has 0 saturated heterocycles. The summed E-state index contributed by atoms with van der Waals surface area (Å²) in [6.45, 7) is 5.32. The Morgan fingerprint density at radius 2 is 1.86 bits per heavy atom. The number of rotatable bonds is 4. The van der Waals surface area contributed by atoms with Crippen LogP contribution in [0.2, 0.25) is 0 Å². The summed E-state index contributed by atoms with van der Waals surface area (Å²) in [5, 5.41) is 2.45. The highest BCUT2D eigenvalue weighted by Gasteiger charge is 2.15. The van der Waals surface area contributed by atoms with Crippen LogP contribution in [0.25, 0.3) is 6.08 Å². The Bertz CT molecular complexity index is 513. The van der Waals surface area contributed by atoms with E-state index in [0.29, 0.717) is 0 Å². The molecule has 0 aliphatic heterocycles. The van der Waals surface area contributed by atoms with Crippen LogP contribution in [0, 0.1) is 11.6 Å². The molecule has 6 heteroatoms. The van der Waals surface area contributed by atoms with E-state index in [1.807, 2.05) is 0 Å². The zero-order chi connectivity index (χ0) is 16.0. The molecule has 1 amide bonds. The Hall–Kier alpha value is -2.11. The average Bonchev–Trinajstić information content (AvgIpc) is 2.34. The summed E-state index contributed by atoms with van der Waals surface area (Å²) < 4.78 is 37.0. The van der Waals surface area contributed by atoms with Crippen LogP contribution in [0.3, 0.4) is 0 Å². The molecular weight excluding hydrogens is 280 g/mol. The molecule has 0 heterocycles. The standard InChI is InChI=1S/C15H19F2NO3/c1-15(2,3)21-14(19)18-7-5-6-11-12(16)8-10(20-4)9-13(11)17/h5-6,8-9H,7H2,1-4H3,(H,18,19). The van der Waals surface area contributed by atoms with E-state index in [2.05, 4.69) is 5.32 Å². The van der Waals surface area contributed by atoms with Crippen LogP contribution in [0.4, 0.5) is 13.6 Å². The number of halogens is 2. The van der Waals surface area contributed by atoms with Crippen molar-refractivity contribution in [3.05, 3.63) is 35.4 Å². The maximum atomic E-state index is 13.6. The fraction of sp³-hybridized carbons (Fsp3) is 0.400. The normalized spacial score (nSPS) is 11.5. The third-order valence-electron chi connectivity index (χ3n) is 2.34. The number of carbonyl (C=O) groups excluding carboxylic acids is 1. The molecule has 0 aromatic heterocycles. The van der Waals surface area contributed by atoms with Gasteiger partial charge < -0.3 is 14.8 Å². The quantitative estimate of drug-likeness (QED) is 0.925. The van der Waals surface area contributed by atoms with Crippen molar-refractivity contribution in [3.63, 3.8) is 0 Å². The number of hydrogen-bond acceptors (Lipinski definition) is 3. The molecule has 0 aliphatic carbocycles. The molecule has 0 saturated carbocycles. The maximum absolute atomic E-state index is 13.6. The van der Waals surface area contributed by atoms with Crippen LogP contribution in [0.1, 0.15) is 26.3 Å². The van der Waals surface area contributed by atoms with E-state index in [1.165, 1.54) is 19.3 Å². The van der Waals surface area contributed by atoms with E-state index in [1.54, 1.807) is 20.8 Å². The second-order valence-electron chi connectivity index (χ2n) is 5.29. The summed E-state index contributed by atoms with van der Waals surface area (Å²) >= 11 is 0. The monoisotopic (exact) mass is 299 g/mol. The van der Waals surface area contributed by atoms with Gasteiger partial charge in [0.15, 0.2) is 0 Å². The maximum Gasteiger partial charge on any atom is 0.407 e.